The molecule has 4 heterocycles. The summed E-state index contributed by atoms with van der Waals surface area (Å²) in [6, 6.07) is 0. The van der Waals surface area contributed by atoms with Crippen LogP contribution in [0, 0.1) is 5.92 Å². The van der Waals surface area contributed by atoms with Gasteiger partial charge in [-0.05, 0) is 31.3 Å². The number of aliphatic hydroxyl groups is 1. The molecule has 4 nitrogen and oxygen atoms in total. The van der Waals surface area contributed by atoms with Gasteiger partial charge in [0.15, 0.2) is 6.29 Å². The van der Waals surface area contributed by atoms with Crippen molar-refractivity contribution in [3.8, 4) is 0 Å². The molecule has 5 heteroatoms. The first-order chi connectivity index (χ1) is 8.32. The largest absolute Gasteiger partial charge is 0.390 e. The molecule has 0 aliphatic carbocycles. The highest BCUT2D eigenvalue weighted by molar-refractivity contribution is 7.60. The molecule has 0 saturated carbocycles. The van der Waals surface area contributed by atoms with Gasteiger partial charge >= 0.3 is 0 Å². The Morgan fingerprint density at radius 3 is 3.00 bits per heavy atom. The minimum atomic E-state index is -0.343. The zero-order valence-corrected chi connectivity index (χ0v) is 10.8. The zero-order chi connectivity index (χ0) is 11.5. The minimum Gasteiger partial charge on any atom is -0.390 e. The molecule has 4 saturated heterocycles. The highest BCUT2D eigenvalue weighted by atomic mass is 31.1. The van der Waals surface area contributed by atoms with Gasteiger partial charge in [0.25, 0.3) is 0 Å². The minimum absolute atomic E-state index is 0.112. The third-order valence-electron chi connectivity index (χ3n) is 4.93. The Kier molecular flexibility index (Phi) is 2.54. The number of fused-ring (bicyclic) bond motifs is 2. The predicted molar refractivity (Wildman–Crippen MR) is 63.3 cm³/mol. The van der Waals surface area contributed by atoms with Gasteiger partial charge in [-0.2, -0.15) is 0 Å². The van der Waals surface area contributed by atoms with E-state index in [1.165, 1.54) is 19.0 Å². The summed E-state index contributed by atoms with van der Waals surface area (Å²) in [6.45, 7) is 2.09. The van der Waals surface area contributed by atoms with Crippen LogP contribution in [0.5, 0.6) is 0 Å². The summed E-state index contributed by atoms with van der Waals surface area (Å²) in [7, 11) is -0.309. The van der Waals surface area contributed by atoms with Crippen LogP contribution in [0.3, 0.4) is 0 Å². The molecule has 0 radical (unpaired) electrons. The molecule has 0 spiro atoms. The highest BCUT2D eigenvalue weighted by Gasteiger charge is 2.63. The van der Waals surface area contributed by atoms with Crippen molar-refractivity contribution >= 4 is 7.92 Å². The molecule has 4 aliphatic heterocycles. The lowest BCUT2D eigenvalue weighted by molar-refractivity contribution is -0.0874. The average molecular weight is 258 g/mol. The van der Waals surface area contributed by atoms with Gasteiger partial charge in [0.1, 0.15) is 0 Å². The maximum Gasteiger partial charge on any atom is 0.169 e. The van der Waals surface area contributed by atoms with Gasteiger partial charge in [0.05, 0.1) is 30.3 Å². The van der Waals surface area contributed by atoms with Crippen molar-refractivity contribution in [2.75, 3.05) is 26.0 Å². The summed E-state index contributed by atoms with van der Waals surface area (Å²) in [5.74, 6) is 1.15. The van der Waals surface area contributed by atoms with Crippen molar-refractivity contribution in [1.82, 2.24) is 0 Å². The van der Waals surface area contributed by atoms with E-state index in [9.17, 15) is 5.11 Å². The van der Waals surface area contributed by atoms with Crippen molar-refractivity contribution in [3.05, 3.63) is 0 Å². The lowest BCUT2D eigenvalue weighted by Gasteiger charge is -2.38. The van der Waals surface area contributed by atoms with Crippen LogP contribution in [0.15, 0.2) is 0 Å². The maximum absolute atomic E-state index is 10.4. The van der Waals surface area contributed by atoms with Crippen molar-refractivity contribution in [2.24, 2.45) is 5.92 Å². The second-order valence-electron chi connectivity index (χ2n) is 5.59. The highest BCUT2D eigenvalue weighted by Crippen LogP contribution is 2.70. The zero-order valence-electron chi connectivity index (χ0n) is 9.88. The maximum atomic E-state index is 10.4. The molecule has 4 unspecified atom stereocenters. The van der Waals surface area contributed by atoms with Gasteiger partial charge in [0.2, 0.25) is 0 Å². The SMILES string of the molecule is OC1CO[C@H]2OCC[C@@]12P1CCC2CCOC21. The normalized spacial score (nSPS) is 57.4. The summed E-state index contributed by atoms with van der Waals surface area (Å²) >= 11 is 0. The third kappa shape index (κ3) is 1.36. The molecule has 4 fully saturated rings. The van der Waals surface area contributed by atoms with Crippen LogP contribution >= 0.6 is 7.92 Å². The lowest BCUT2D eigenvalue weighted by Crippen LogP contribution is -2.44. The molecule has 1 N–H and O–H groups in total. The molecule has 96 valence electrons. The molecule has 6 atom stereocenters. The van der Waals surface area contributed by atoms with E-state index < -0.39 is 0 Å². The van der Waals surface area contributed by atoms with Gasteiger partial charge < -0.3 is 19.3 Å². The van der Waals surface area contributed by atoms with E-state index in [1.807, 2.05) is 0 Å². The molecule has 0 aromatic heterocycles. The van der Waals surface area contributed by atoms with Crippen molar-refractivity contribution in [2.45, 2.75) is 42.7 Å². The van der Waals surface area contributed by atoms with Crippen LogP contribution in [-0.4, -0.2) is 54.5 Å². The second-order valence-corrected chi connectivity index (χ2v) is 8.31. The van der Waals surface area contributed by atoms with Gasteiger partial charge in [-0.3, -0.25) is 0 Å². The summed E-state index contributed by atoms with van der Waals surface area (Å²) in [4.78, 5) is 0. The fourth-order valence-corrected chi connectivity index (χ4v) is 8.13. The lowest BCUT2D eigenvalue weighted by atomic mass is 10.0. The van der Waals surface area contributed by atoms with E-state index in [2.05, 4.69) is 0 Å². The predicted octanol–water partition coefficient (Wildman–Crippen LogP) is 1.11. The molecule has 0 bridgehead atoms. The molecular weight excluding hydrogens is 239 g/mol. The standard InChI is InChI=1S/C12H19O4P/c13-9-7-16-11-12(9,3-5-15-11)17-6-2-8-1-4-14-10(8)17/h8-11,13H,1-7H2/t8?,9?,10?,11-,12-,17?/m1/s1. The first kappa shape index (κ1) is 11.1. The Labute approximate surface area is 102 Å². The summed E-state index contributed by atoms with van der Waals surface area (Å²) in [5, 5.41) is 10.3. The molecule has 4 rings (SSSR count). The monoisotopic (exact) mass is 258 g/mol. The Morgan fingerprint density at radius 1 is 1.12 bits per heavy atom. The van der Waals surface area contributed by atoms with E-state index in [0.29, 0.717) is 12.5 Å². The van der Waals surface area contributed by atoms with Crippen LogP contribution in [0.4, 0.5) is 0 Å². The summed E-state index contributed by atoms with van der Waals surface area (Å²) in [6.07, 6.45) is 4.16. The van der Waals surface area contributed by atoms with Crippen LogP contribution < -0.4 is 0 Å². The number of ether oxygens (including phenoxy) is 3. The number of rotatable bonds is 1. The van der Waals surface area contributed by atoms with Gasteiger partial charge in [0, 0.05) is 6.61 Å². The van der Waals surface area contributed by atoms with E-state index >= 15 is 0 Å². The van der Waals surface area contributed by atoms with E-state index in [0.717, 1.165) is 25.6 Å². The van der Waals surface area contributed by atoms with Gasteiger partial charge in [-0.1, -0.05) is 7.92 Å². The topological polar surface area (TPSA) is 47.9 Å². The molecule has 0 aromatic rings. The molecule has 0 aromatic carbocycles. The van der Waals surface area contributed by atoms with E-state index in [-0.39, 0.29) is 25.5 Å². The van der Waals surface area contributed by atoms with Crippen LogP contribution in [-0.2, 0) is 14.2 Å². The average Bonchev–Trinajstić information content (AvgIpc) is 3.00. The quantitative estimate of drug-likeness (QED) is 0.716. The Balaban J connectivity index is 1.68. The second kappa shape index (κ2) is 3.88. The molecular formula is C12H19O4P. The fraction of sp³-hybridized carbons (Fsp3) is 1.00. The first-order valence-corrected chi connectivity index (χ1v) is 8.21. The Hall–Kier alpha value is 0.270. The number of hydrogen-bond donors (Lipinski definition) is 1. The number of hydrogen-bond acceptors (Lipinski definition) is 4. The van der Waals surface area contributed by atoms with Crippen LogP contribution in [0.25, 0.3) is 0 Å². The van der Waals surface area contributed by atoms with Gasteiger partial charge in [-0.15, -0.1) is 0 Å². The molecule has 17 heavy (non-hydrogen) atoms. The Bertz CT molecular complexity index is 326. The molecule has 0 amide bonds. The summed E-state index contributed by atoms with van der Waals surface area (Å²) in [5.41, 5.74) is 0. The molecule has 4 aliphatic rings. The summed E-state index contributed by atoms with van der Waals surface area (Å²) < 4.78 is 17.3. The van der Waals surface area contributed by atoms with E-state index in [1.54, 1.807) is 0 Å². The smallest absolute Gasteiger partial charge is 0.169 e. The number of aliphatic hydroxyl groups excluding tert-OH is 1. The van der Waals surface area contributed by atoms with Crippen molar-refractivity contribution in [1.29, 1.82) is 0 Å². The van der Waals surface area contributed by atoms with Crippen molar-refractivity contribution < 1.29 is 19.3 Å². The third-order valence-corrected chi connectivity index (χ3v) is 8.65. The Morgan fingerprint density at radius 2 is 2.06 bits per heavy atom. The van der Waals surface area contributed by atoms with Crippen molar-refractivity contribution in [3.63, 3.8) is 0 Å². The van der Waals surface area contributed by atoms with Crippen LogP contribution in [0.2, 0.25) is 0 Å². The van der Waals surface area contributed by atoms with Crippen LogP contribution in [0.1, 0.15) is 19.3 Å². The van der Waals surface area contributed by atoms with E-state index in [4.69, 9.17) is 14.2 Å². The van der Waals surface area contributed by atoms with Gasteiger partial charge in [-0.25, -0.2) is 0 Å². The fourth-order valence-electron chi connectivity index (χ4n) is 4.03. The first-order valence-electron chi connectivity index (χ1n) is 6.62.